The Labute approximate surface area is 95.2 Å². The Hall–Kier alpha value is -0.240. The average molecular weight is 232 g/mol. The molecule has 0 atom stereocenters. The van der Waals surface area contributed by atoms with Gasteiger partial charge in [0.15, 0.2) is 0 Å². The summed E-state index contributed by atoms with van der Waals surface area (Å²) in [6, 6.07) is 3.84. The molecule has 1 rings (SSSR count). The van der Waals surface area contributed by atoms with E-state index < -0.39 is 0 Å². The maximum absolute atomic E-state index is 6.16. The zero-order chi connectivity index (χ0) is 10.6. The lowest BCUT2D eigenvalue weighted by Crippen LogP contribution is -1.99. The monoisotopic (exact) mass is 231 g/mol. The first-order valence-electron chi connectivity index (χ1n) is 4.80. The van der Waals surface area contributed by atoms with Crippen LogP contribution < -0.4 is 5.73 Å². The van der Waals surface area contributed by atoms with Crippen molar-refractivity contribution in [1.82, 2.24) is 0 Å². The zero-order valence-electron chi connectivity index (χ0n) is 8.32. The van der Waals surface area contributed by atoms with Crippen LogP contribution in [-0.2, 0) is 6.42 Å². The SMILES string of the molecule is Cc1ccc(Cl)c(CCCCN)c1Cl. The van der Waals surface area contributed by atoms with Gasteiger partial charge in [-0.1, -0.05) is 29.3 Å². The number of rotatable bonds is 4. The molecule has 2 N–H and O–H groups in total. The van der Waals surface area contributed by atoms with Gasteiger partial charge in [0.2, 0.25) is 0 Å². The van der Waals surface area contributed by atoms with Gasteiger partial charge in [-0.3, -0.25) is 0 Å². The Morgan fingerprint density at radius 2 is 1.93 bits per heavy atom. The van der Waals surface area contributed by atoms with Gasteiger partial charge in [-0.2, -0.15) is 0 Å². The standard InChI is InChI=1S/C11H15Cl2N/c1-8-5-6-10(12)9(11(8)13)4-2-3-7-14/h5-6H,2-4,7,14H2,1H3. The summed E-state index contributed by atoms with van der Waals surface area (Å²) in [4.78, 5) is 0. The molecule has 0 radical (unpaired) electrons. The van der Waals surface area contributed by atoms with Crippen molar-refractivity contribution in [3.05, 3.63) is 33.3 Å². The summed E-state index contributed by atoms with van der Waals surface area (Å²) in [5.74, 6) is 0. The van der Waals surface area contributed by atoms with E-state index in [1.807, 2.05) is 19.1 Å². The van der Waals surface area contributed by atoms with E-state index in [9.17, 15) is 0 Å². The van der Waals surface area contributed by atoms with Crippen molar-refractivity contribution >= 4 is 23.2 Å². The normalized spacial score (nSPS) is 10.6. The molecule has 14 heavy (non-hydrogen) atoms. The first kappa shape index (κ1) is 11.8. The minimum absolute atomic E-state index is 0.723. The van der Waals surface area contributed by atoms with Crippen molar-refractivity contribution in [3.8, 4) is 0 Å². The Morgan fingerprint density at radius 3 is 2.57 bits per heavy atom. The van der Waals surface area contributed by atoms with Gasteiger partial charge in [-0.15, -0.1) is 0 Å². The van der Waals surface area contributed by atoms with E-state index >= 15 is 0 Å². The van der Waals surface area contributed by atoms with E-state index in [2.05, 4.69) is 0 Å². The van der Waals surface area contributed by atoms with Crippen molar-refractivity contribution in [3.63, 3.8) is 0 Å². The highest BCUT2D eigenvalue weighted by Crippen LogP contribution is 2.28. The molecule has 0 saturated carbocycles. The van der Waals surface area contributed by atoms with E-state index in [1.54, 1.807) is 0 Å². The van der Waals surface area contributed by atoms with Crippen LogP contribution in [0.4, 0.5) is 0 Å². The van der Waals surface area contributed by atoms with Crippen LogP contribution in [-0.4, -0.2) is 6.54 Å². The second-order valence-electron chi connectivity index (χ2n) is 3.40. The van der Waals surface area contributed by atoms with Crippen LogP contribution in [0.15, 0.2) is 12.1 Å². The van der Waals surface area contributed by atoms with Crippen molar-refractivity contribution in [2.45, 2.75) is 26.2 Å². The summed E-state index contributed by atoms with van der Waals surface area (Å²) in [5.41, 5.74) is 7.57. The second-order valence-corrected chi connectivity index (χ2v) is 4.19. The van der Waals surface area contributed by atoms with Gasteiger partial charge in [0.05, 0.1) is 0 Å². The number of halogens is 2. The van der Waals surface area contributed by atoms with Gasteiger partial charge in [-0.05, 0) is 49.9 Å². The van der Waals surface area contributed by atoms with Crippen LogP contribution in [0, 0.1) is 6.92 Å². The lowest BCUT2D eigenvalue weighted by molar-refractivity contribution is 0.744. The third-order valence-corrected chi connectivity index (χ3v) is 3.14. The molecule has 0 fully saturated rings. The number of aryl methyl sites for hydroxylation is 1. The fourth-order valence-electron chi connectivity index (χ4n) is 1.39. The molecule has 3 heteroatoms. The highest BCUT2D eigenvalue weighted by Gasteiger charge is 2.07. The summed E-state index contributed by atoms with van der Waals surface area (Å²) in [6.45, 7) is 2.71. The van der Waals surface area contributed by atoms with E-state index in [-0.39, 0.29) is 0 Å². The molecule has 78 valence electrons. The largest absolute Gasteiger partial charge is 0.330 e. The molecule has 0 bridgehead atoms. The zero-order valence-corrected chi connectivity index (χ0v) is 9.83. The van der Waals surface area contributed by atoms with Crippen LogP contribution in [0.3, 0.4) is 0 Å². The number of hydrogen-bond acceptors (Lipinski definition) is 1. The predicted octanol–water partition coefficient (Wildman–Crippen LogP) is 3.58. The van der Waals surface area contributed by atoms with Gasteiger partial charge >= 0.3 is 0 Å². The molecule has 0 spiro atoms. The first-order valence-corrected chi connectivity index (χ1v) is 5.56. The molecule has 1 aromatic carbocycles. The highest BCUT2D eigenvalue weighted by molar-refractivity contribution is 6.36. The fourth-order valence-corrected chi connectivity index (χ4v) is 1.95. The van der Waals surface area contributed by atoms with E-state index in [0.717, 1.165) is 47.0 Å². The molecule has 1 nitrogen and oxygen atoms in total. The summed E-state index contributed by atoms with van der Waals surface area (Å²) in [6.07, 6.45) is 2.97. The quantitative estimate of drug-likeness (QED) is 0.789. The summed E-state index contributed by atoms with van der Waals surface area (Å²) in [7, 11) is 0. The summed E-state index contributed by atoms with van der Waals surface area (Å²) in [5, 5.41) is 1.56. The minimum atomic E-state index is 0.723. The number of nitrogens with two attached hydrogens (primary N) is 1. The fraction of sp³-hybridized carbons (Fsp3) is 0.455. The first-order chi connectivity index (χ1) is 6.66. The maximum Gasteiger partial charge on any atom is 0.0482 e. The molecule has 0 saturated heterocycles. The maximum atomic E-state index is 6.16. The third kappa shape index (κ3) is 2.88. The molecule has 0 aliphatic rings. The van der Waals surface area contributed by atoms with Gasteiger partial charge in [0, 0.05) is 10.0 Å². The Bertz CT molecular complexity index is 310. The molecule has 1 aromatic rings. The third-order valence-electron chi connectivity index (χ3n) is 2.26. The lowest BCUT2D eigenvalue weighted by Gasteiger charge is -2.08. The van der Waals surface area contributed by atoms with Crippen LogP contribution in [0.2, 0.25) is 10.0 Å². The number of unbranched alkanes of at least 4 members (excludes halogenated alkanes) is 1. The van der Waals surface area contributed by atoms with E-state index in [1.165, 1.54) is 0 Å². The second kappa shape index (κ2) is 5.59. The van der Waals surface area contributed by atoms with Crippen LogP contribution >= 0.6 is 23.2 Å². The minimum Gasteiger partial charge on any atom is -0.330 e. The predicted molar refractivity (Wildman–Crippen MR) is 63.2 cm³/mol. The van der Waals surface area contributed by atoms with Crippen molar-refractivity contribution < 1.29 is 0 Å². The highest BCUT2D eigenvalue weighted by atomic mass is 35.5. The topological polar surface area (TPSA) is 26.0 Å². The van der Waals surface area contributed by atoms with E-state index in [0.29, 0.717) is 0 Å². The number of benzene rings is 1. The van der Waals surface area contributed by atoms with Gasteiger partial charge in [0.1, 0.15) is 0 Å². The smallest absolute Gasteiger partial charge is 0.0482 e. The molecule has 0 amide bonds. The Kier molecular flexibility index (Phi) is 4.73. The van der Waals surface area contributed by atoms with E-state index in [4.69, 9.17) is 28.9 Å². The van der Waals surface area contributed by atoms with Crippen molar-refractivity contribution in [2.75, 3.05) is 6.54 Å². The van der Waals surface area contributed by atoms with Gasteiger partial charge in [0.25, 0.3) is 0 Å². The molecule has 0 aromatic heterocycles. The molecular weight excluding hydrogens is 217 g/mol. The molecule has 0 aliphatic heterocycles. The van der Waals surface area contributed by atoms with Crippen LogP contribution in [0.5, 0.6) is 0 Å². The Balaban J connectivity index is 2.79. The van der Waals surface area contributed by atoms with Gasteiger partial charge in [-0.25, -0.2) is 0 Å². The summed E-state index contributed by atoms with van der Waals surface area (Å²) < 4.78 is 0. The number of hydrogen-bond donors (Lipinski definition) is 1. The van der Waals surface area contributed by atoms with Crippen molar-refractivity contribution in [1.29, 1.82) is 0 Å². The molecule has 0 aliphatic carbocycles. The Morgan fingerprint density at radius 1 is 1.21 bits per heavy atom. The average Bonchev–Trinajstić information content (AvgIpc) is 2.18. The van der Waals surface area contributed by atoms with Gasteiger partial charge < -0.3 is 5.73 Å². The van der Waals surface area contributed by atoms with Crippen LogP contribution in [0.1, 0.15) is 24.0 Å². The molecule has 0 heterocycles. The van der Waals surface area contributed by atoms with Crippen LogP contribution in [0.25, 0.3) is 0 Å². The lowest BCUT2D eigenvalue weighted by atomic mass is 10.1. The molecular formula is C11H15Cl2N. The van der Waals surface area contributed by atoms with Crippen molar-refractivity contribution in [2.24, 2.45) is 5.73 Å². The summed E-state index contributed by atoms with van der Waals surface area (Å²) >= 11 is 12.2. The molecule has 0 unspecified atom stereocenters.